The van der Waals surface area contributed by atoms with Crippen LogP contribution in [0.4, 0.5) is 0 Å². The maximum atomic E-state index is 3.43. The molecular weight excluding hydrogens is 169 g/mol. The third-order valence-corrected chi connectivity index (χ3v) is 3.54. The lowest BCUT2D eigenvalue weighted by Crippen LogP contribution is -2.26. The van der Waals surface area contributed by atoms with Crippen molar-refractivity contribution >= 4 is 7.28 Å². The number of hydrogen-bond acceptors (Lipinski definition) is 1. The van der Waals surface area contributed by atoms with Crippen molar-refractivity contribution in [3.8, 4) is 0 Å². The quantitative estimate of drug-likeness (QED) is 0.682. The van der Waals surface area contributed by atoms with Crippen molar-refractivity contribution in [2.75, 3.05) is 7.05 Å². The summed E-state index contributed by atoms with van der Waals surface area (Å²) < 4.78 is 0. The highest BCUT2D eigenvalue weighted by Gasteiger charge is 2.17. The lowest BCUT2D eigenvalue weighted by Gasteiger charge is -2.24. The van der Waals surface area contributed by atoms with Crippen LogP contribution in [0.1, 0.15) is 52.4 Å². The van der Waals surface area contributed by atoms with Crippen LogP contribution in [0.3, 0.4) is 0 Å². The Morgan fingerprint density at radius 1 is 1.07 bits per heavy atom. The monoisotopic (exact) mass is 195 g/mol. The summed E-state index contributed by atoms with van der Waals surface area (Å²) in [6, 6.07) is 0.801. The molecule has 1 rings (SSSR count). The minimum Gasteiger partial charge on any atom is -0.317 e. The van der Waals surface area contributed by atoms with E-state index >= 15 is 0 Å². The minimum atomic E-state index is 0.801. The molecule has 0 aliphatic heterocycles. The first-order chi connectivity index (χ1) is 6.72. The molecule has 0 spiro atoms. The Balaban J connectivity index is 2.25. The summed E-state index contributed by atoms with van der Waals surface area (Å²) in [5.41, 5.74) is 0. The van der Waals surface area contributed by atoms with Gasteiger partial charge in [0.25, 0.3) is 0 Å². The number of rotatable bonds is 3. The van der Waals surface area contributed by atoms with Gasteiger partial charge < -0.3 is 5.32 Å². The molecule has 1 nitrogen and oxygen atoms in total. The standard InChI is InChI=1S/C12H26BN/c1-10(2)13-11-6-4-8-12(14-3)9-5-7-11/h10-14H,4-9H2,1-3H3. The zero-order valence-electron chi connectivity index (χ0n) is 10.2. The summed E-state index contributed by atoms with van der Waals surface area (Å²) in [6.07, 6.45) is 8.59. The van der Waals surface area contributed by atoms with Gasteiger partial charge in [0, 0.05) is 6.04 Å². The van der Waals surface area contributed by atoms with Crippen LogP contribution in [0.2, 0.25) is 11.6 Å². The SMILES string of the molecule is CNC1CCCC(BC(C)C)CCC1. The molecule has 2 heteroatoms. The van der Waals surface area contributed by atoms with Crippen LogP contribution < -0.4 is 5.32 Å². The van der Waals surface area contributed by atoms with Crippen molar-refractivity contribution in [2.24, 2.45) is 0 Å². The second-order valence-electron chi connectivity index (χ2n) is 5.34. The molecule has 0 aromatic carbocycles. The lowest BCUT2D eigenvalue weighted by molar-refractivity contribution is 0.409. The molecule has 1 saturated carbocycles. The second-order valence-corrected chi connectivity index (χ2v) is 5.34. The zero-order chi connectivity index (χ0) is 10.4. The molecule has 0 amide bonds. The fourth-order valence-electron chi connectivity index (χ4n) is 2.79. The van der Waals surface area contributed by atoms with E-state index in [0.29, 0.717) is 0 Å². The largest absolute Gasteiger partial charge is 0.317 e. The van der Waals surface area contributed by atoms with E-state index in [4.69, 9.17) is 0 Å². The first-order valence-electron chi connectivity index (χ1n) is 6.39. The van der Waals surface area contributed by atoms with Crippen LogP contribution in [0.5, 0.6) is 0 Å². The topological polar surface area (TPSA) is 12.0 Å². The van der Waals surface area contributed by atoms with E-state index in [1.165, 1.54) is 45.8 Å². The van der Waals surface area contributed by atoms with Crippen LogP contribution in [-0.4, -0.2) is 20.4 Å². The van der Waals surface area contributed by atoms with Gasteiger partial charge in [-0.2, -0.15) is 0 Å². The van der Waals surface area contributed by atoms with Gasteiger partial charge in [0.05, 0.1) is 0 Å². The third kappa shape index (κ3) is 4.50. The van der Waals surface area contributed by atoms with Crippen molar-refractivity contribution in [3.05, 3.63) is 0 Å². The molecule has 0 unspecified atom stereocenters. The summed E-state index contributed by atoms with van der Waals surface area (Å²) >= 11 is 0. The molecule has 0 saturated heterocycles. The summed E-state index contributed by atoms with van der Waals surface area (Å²) in [7, 11) is 3.56. The van der Waals surface area contributed by atoms with Gasteiger partial charge >= 0.3 is 0 Å². The summed E-state index contributed by atoms with van der Waals surface area (Å²) in [4.78, 5) is 0. The van der Waals surface area contributed by atoms with Gasteiger partial charge in [-0.3, -0.25) is 0 Å². The van der Waals surface area contributed by atoms with Gasteiger partial charge in [-0.25, -0.2) is 0 Å². The van der Waals surface area contributed by atoms with Crippen LogP contribution in [0, 0.1) is 0 Å². The molecule has 0 atom stereocenters. The van der Waals surface area contributed by atoms with Crippen molar-refractivity contribution in [3.63, 3.8) is 0 Å². The Hall–Kier alpha value is 0.0249. The molecule has 0 heterocycles. The molecule has 0 radical (unpaired) electrons. The van der Waals surface area contributed by atoms with E-state index in [1.807, 2.05) is 0 Å². The van der Waals surface area contributed by atoms with E-state index in [9.17, 15) is 0 Å². The van der Waals surface area contributed by atoms with Crippen LogP contribution in [0.25, 0.3) is 0 Å². The smallest absolute Gasteiger partial charge is 0.126 e. The molecule has 82 valence electrons. The average Bonchev–Trinajstić information content (AvgIpc) is 2.08. The molecule has 0 aromatic rings. The van der Waals surface area contributed by atoms with Crippen LogP contribution in [0.15, 0.2) is 0 Å². The predicted molar refractivity (Wildman–Crippen MR) is 66.5 cm³/mol. The molecule has 1 fully saturated rings. The maximum Gasteiger partial charge on any atom is 0.126 e. The molecule has 0 bridgehead atoms. The van der Waals surface area contributed by atoms with Gasteiger partial charge in [-0.05, 0) is 19.9 Å². The number of nitrogens with one attached hydrogen (secondary N) is 1. The lowest BCUT2D eigenvalue weighted by atomic mass is 9.53. The van der Waals surface area contributed by atoms with Gasteiger partial charge in [0.2, 0.25) is 0 Å². The Kier molecular flexibility index (Phi) is 5.61. The van der Waals surface area contributed by atoms with Gasteiger partial charge in [0.1, 0.15) is 7.28 Å². The maximum absolute atomic E-state index is 3.43. The van der Waals surface area contributed by atoms with E-state index < -0.39 is 0 Å². The van der Waals surface area contributed by atoms with Crippen LogP contribution in [-0.2, 0) is 0 Å². The van der Waals surface area contributed by atoms with E-state index in [1.54, 1.807) is 0 Å². The fourth-order valence-corrected chi connectivity index (χ4v) is 2.79. The highest BCUT2D eigenvalue weighted by molar-refractivity contribution is 6.39. The highest BCUT2D eigenvalue weighted by atomic mass is 14.9. The van der Waals surface area contributed by atoms with Crippen LogP contribution >= 0.6 is 0 Å². The second kappa shape index (κ2) is 6.50. The first kappa shape index (κ1) is 12.1. The Morgan fingerprint density at radius 2 is 1.64 bits per heavy atom. The van der Waals surface area contributed by atoms with Crippen molar-refractivity contribution in [2.45, 2.75) is 70.0 Å². The van der Waals surface area contributed by atoms with E-state index in [-0.39, 0.29) is 0 Å². The van der Waals surface area contributed by atoms with Crippen molar-refractivity contribution < 1.29 is 0 Å². The first-order valence-corrected chi connectivity index (χ1v) is 6.39. The molecule has 14 heavy (non-hydrogen) atoms. The molecule has 1 aliphatic rings. The zero-order valence-corrected chi connectivity index (χ0v) is 10.2. The molecule has 1 N–H and O–H groups in total. The van der Waals surface area contributed by atoms with Gasteiger partial charge in [-0.15, -0.1) is 0 Å². The Morgan fingerprint density at radius 3 is 2.07 bits per heavy atom. The summed E-state index contributed by atoms with van der Waals surface area (Å²) in [6.45, 7) is 4.71. The fraction of sp³-hybridized carbons (Fsp3) is 1.00. The van der Waals surface area contributed by atoms with Crippen molar-refractivity contribution in [1.82, 2.24) is 5.32 Å². The Labute approximate surface area is 90.3 Å². The minimum absolute atomic E-state index is 0.801. The van der Waals surface area contributed by atoms with E-state index in [0.717, 1.165) is 17.7 Å². The normalized spacial score (nSPS) is 29.7. The predicted octanol–water partition coefficient (Wildman–Crippen LogP) is 2.98. The summed E-state index contributed by atoms with van der Waals surface area (Å²) in [5, 5.41) is 3.43. The van der Waals surface area contributed by atoms with Gasteiger partial charge in [0.15, 0.2) is 0 Å². The molecular formula is C12H26BN. The van der Waals surface area contributed by atoms with E-state index in [2.05, 4.69) is 26.2 Å². The Bertz CT molecular complexity index is 137. The summed E-state index contributed by atoms with van der Waals surface area (Å²) in [5.74, 6) is 1.91. The van der Waals surface area contributed by atoms with Crippen molar-refractivity contribution in [1.29, 1.82) is 0 Å². The third-order valence-electron chi connectivity index (χ3n) is 3.54. The highest BCUT2D eigenvalue weighted by Crippen LogP contribution is 2.28. The molecule has 0 aromatic heterocycles. The average molecular weight is 195 g/mol. The number of hydrogen-bond donors (Lipinski definition) is 1. The van der Waals surface area contributed by atoms with Gasteiger partial charge in [-0.1, -0.05) is 51.2 Å². The molecule has 1 aliphatic carbocycles.